The number of hydrogen-bond donors (Lipinski definition) is 3. The first-order chi connectivity index (χ1) is 19.6. The molecule has 230 valence electrons. The quantitative estimate of drug-likeness (QED) is 0.188. The number of aliphatic hydroxyl groups is 1. The molecule has 0 spiro atoms. The lowest BCUT2D eigenvalue weighted by Gasteiger charge is -2.40. The predicted octanol–water partition coefficient (Wildman–Crippen LogP) is 8.97. The monoisotopic (exact) mass is 555 g/mol. The maximum Gasteiger partial charge on any atom is 0.0569 e. The normalized spacial score (nSPS) is 37.8. The maximum absolute atomic E-state index is 11.3. The van der Waals surface area contributed by atoms with E-state index in [1.165, 1.54) is 116 Å². The van der Waals surface area contributed by atoms with Crippen molar-refractivity contribution in [1.29, 1.82) is 0 Å². The van der Waals surface area contributed by atoms with Crippen LogP contribution in [-0.4, -0.2) is 35.4 Å². The van der Waals surface area contributed by atoms with Gasteiger partial charge in [0.25, 0.3) is 0 Å². The van der Waals surface area contributed by atoms with Crippen molar-refractivity contribution in [3.8, 4) is 0 Å². The van der Waals surface area contributed by atoms with Crippen LogP contribution >= 0.6 is 0 Å². The molecule has 11 unspecified atom stereocenters. The van der Waals surface area contributed by atoms with E-state index in [1.54, 1.807) is 0 Å². The van der Waals surface area contributed by atoms with Gasteiger partial charge in [-0.3, -0.25) is 0 Å². The summed E-state index contributed by atoms with van der Waals surface area (Å²) in [5.41, 5.74) is 0. The minimum atomic E-state index is -0.133. The molecule has 11 atom stereocenters. The molecule has 0 amide bonds. The van der Waals surface area contributed by atoms with Gasteiger partial charge in [0.2, 0.25) is 0 Å². The van der Waals surface area contributed by atoms with Gasteiger partial charge in [0.05, 0.1) is 6.10 Å². The zero-order valence-corrected chi connectivity index (χ0v) is 26.5. The molecule has 0 bridgehead atoms. The third kappa shape index (κ3) is 8.93. The minimum Gasteiger partial charge on any atom is -0.393 e. The molecule has 0 heterocycles. The van der Waals surface area contributed by atoms with E-state index in [4.69, 9.17) is 0 Å². The molecule has 0 aromatic rings. The average Bonchev–Trinajstić information content (AvgIpc) is 3.01. The Morgan fingerprint density at radius 2 is 1.20 bits per heavy atom. The topological polar surface area (TPSA) is 44.3 Å². The maximum atomic E-state index is 11.3. The fourth-order valence-electron chi connectivity index (χ4n) is 9.78. The van der Waals surface area contributed by atoms with Crippen LogP contribution in [0.4, 0.5) is 0 Å². The summed E-state index contributed by atoms with van der Waals surface area (Å²) in [6, 6.07) is 2.09. The Bertz CT molecular complexity index is 738. The molecule has 4 aliphatic rings. The summed E-state index contributed by atoms with van der Waals surface area (Å²) >= 11 is 0. The van der Waals surface area contributed by atoms with Crippen LogP contribution in [0.2, 0.25) is 0 Å². The SMILES string of the molecule is C=CC(NC1CCCC(CCC(O)C2CCCC(NC(C=C)C3CCCCC3CC)C2)C1)C1CCCCC1CC. The molecule has 0 aromatic carbocycles. The summed E-state index contributed by atoms with van der Waals surface area (Å²) < 4.78 is 0. The van der Waals surface area contributed by atoms with Crippen LogP contribution in [0.3, 0.4) is 0 Å². The standard InChI is InChI=1S/C37H66N2O/c1-5-28-16-9-11-21-33(28)35(7-3)38-31-19-13-15-27(25-31)23-24-37(40)30-18-14-20-32(26-30)39-36(8-4)34-22-12-10-17-29(34)6-2/h7-8,27-40H,3-6,9-26H2,1-2H3. The number of aliphatic hydroxyl groups excluding tert-OH is 1. The zero-order valence-electron chi connectivity index (χ0n) is 26.5. The molecule has 3 N–H and O–H groups in total. The van der Waals surface area contributed by atoms with Crippen molar-refractivity contribution in [3.63, 3.8) is 0 Å². The predicted molar refractivity (Wildman–Crippen MR) is 172 cm³/mol. The molecule has 4 aliphatic carbocycles. The lowest BCUT2D eigenvalue weighted by atomic mass is 9.73. The summed E-state index contributed by atoms with van der Waals surface area (Å²) in [7, 11) is 0. The highest BCUT2D eigenvalue weighted by Gasteiger charge is 2.35. The molecule has 0 aromatic heterocycles. The summed E-state index contributed by atoms with van der Waals surface area (Å²) in [4.78, 5) is 0. The Morgan fingerprint density at radius 3 is 1.75 bits per heavy atom. The van der Waals surface area contributed by atoms with E-state index in [9.17, 15) is 5.11 Å². The smallest absolute Gasteiger partial charge is 0.0569 e. The van der Waals surface area contributed by atoms with E-state index in [-0.39, 0.29) is 6.10 Å². The lowest BCUT2D eigenvalue weighted by Crippen LogP contribution is -2.47. The van der Waals surface area contributed by atoms with Gasteiger partial charge in [0, 0.05) is 24.2 Å². The van der Waals surface area contributed by atoms with E-state index >= 15 is 0 Å². The van der Waals surface area contributed by atoms with Crippen LogP contribution in [0.15, 0.2) is 25.3 Å². The minimum absolute atomic E-state index is 0.133. The second-order valence-corrected chi connectivity index (χ2v) is 14.6. The molecule has 0 radical (unpaired) electrons. The molecule has 40 heavy (non-hydrogen) atoms. The van der Waals surface area contributed by atoms with Crippen molar-refractivity contribution in [1.82, 2.24) is 10.6 Å². The van der Waals surface area contributed by atoms with E-state index in [1.807, 2.05) is 0 Å². The van der Waals surface area contributed by atoms with Crippen LogP contribution < -0.4 is 10.6 Å². The number of rotatable bonds is 14. The van der Waals surface area contributed by atoms with Crippen LogP contribution in [0.25, 0.3) is 0 Å². The van der Waals surface area contributed by atoms with Crippen LogP contribution in [0, 0.1) is 35.5 Å². The van der Waals surface area contributed by atoms with Gasteiger partial charge in [-0.1, -0.05) is 96.6 Å². The third-order valence-corrected chi connectivity index (χ3v) is 12.2. The Balaban J connectivity index is 1.22. The van der Waals surface area contributed by atoms with Gasteiger partial charge < -0.3 is 15.7 Å². The first-order valence-corrected chi connectivity index (χ1v) is 18.0. The molecule has 3 heteroatoms. The fourth-order valence-corrected chi connectivity index (χ4v) is 9.78. The summed E-state index contributed by atoms with van der Waals surface area (Å²) in [6.07, 6.45) is 30.4. The molecule has 4 fully saturated rings. The van der Waals surface area contributed by atoms with Gasteiger partial charge in [0.1, 0.15) is 0 Å². The fraction of sp³-hybridized carbons (Fsp3) is 0.892. The van der Waals surface area contributed by atoms with Gasteiger partial charge in [-0.25, -0.2) is 0 Å². The Hall–Kier alpha value is -0.640. The number of nitrogens with one attached hydrogen (secondary N) is 2. The Kier molecular flexibility index (Phi) is 13.6. The Labute approximate surface area is 248 Å². The molecular weight excluding hydrogens is 488 g/mol. The highest BCUT2D eigenvalue weighted by Crippen LogP contribution is 2.38. The van der Waals surface area contributed by atoms with Crippen molar-refractivity contribution in [2.45, 2.75) is 173 Å². The Morgan fingerprint density at radius 1 is 0.675 bits per heavy atom. The summed E-state index contributed by atoms with van der Waals surface area (Å²) in [5, 5.41) is 19.5. The van der Waals surface area contributed by atoms with Crippen LogP contribution in [0.5, 0.6) is 0 Å². The lowest BCUT2D eigenvalue weighted by molar-refractivity contribution is 0.0566. The third-order valence-electron chi connectivity index (χ3n) is 12.2. The summed E-state index contributed by atoms with van der Waals surface area (Å²) in [5.74, 6) is 4.47. The number of hydrogen-bond acceptors (Lipinski definition) is 3. The van der Waals surface area contributed by atoms with Crippen LogP contribution in [0.1, 0.15) is 142 Å². The van der Waals surface area contributed by atoms with Gasteiger partial charge in [-0.05, 0) is 93.3 Å². The van der Waals surface area contributed by atoms with E-state index < -0.39 is 0 Å². The van der Waals surface area contributed by atoms with Gasteiger partial charge in [-0.15, -0.1) is 13.2 Å². The largest absolute Gasteiger partial charge is 0.393 e. The van der Waals surface area contributed by atoms with Gasteiger partial charge in [-0.2, -0.15) is 0 Å². The highest BCUT2D eigenvalue weighted by molar-refractivity contribution is 4.99. The molecule has 0 saturated heterocycles. The van der Waals surface area contributed by atoms with E-state index in [0.717, 1.165) is 42.4 Å². The molecule has 4 saturated carbocycles. The van der Waals surface area contributed by atoms with Gasteiger partial charge in [0.15, 0.2) is 0 Å². The van der Waals surface area contributed by atoms with E-state index in [2.05, 4.69) is 49.8 Å². The first kappa shape index (κ1) is 32.3. The summed E-state index contributed by atoms with van der Waals surface area (Å²) in [6.45, 7) is 13.3. The molecular formula is C37H66N2O. The first-order valence-electron chi connectivity index (χ1n) is 18.0. The second kappa shape index (κ2) is 16.9. The van der Waals surface area contributed by atoms with Crippen molar-refractivity contribution in [2.24, 2.45) is 35.5 Å². The highest BCUT2D eigenvalue weighted by atomic mass is 16.3. The van der Waals surface area contributed by atoms with Gasteiger partial charge >= 0.3 is 0 Å². The van der Waals surface area contributed by atoms with E-state index in [0.29, 0.717) is 30.1 Å². The molecule has 0 aliphatic heterocycles. The van der Waals surface area contributed by atoms with Crippen molar-refractivity contribution < 1.29 is 5.11 Å². The van der Waals surface area contributed by atoms with Crippen LogP contribution in [-0.2, 0) is 0 Å². The second-order valence-electron chi connectivity index (χ2n) is 14.6. The zero-order chi connectivity index (χ0) is 28.3. The van der Waals surface area contributed by atoms with Crippen molar-refractivity contribution in [3.05, 3.63) is 25.3 Å². The molecule has 4 rings (SSSR count). The molecule has 3 nitrogen and oxygen atoms in total. The van der Waals surface area contributed by atoms with Crippen molar-refractivity contribution in [2.75, 3.05) is 0 Å². The van der Waals surface area contributed by atoms with Crippen molar-refractivity contribution >= 4 is 0 Å². The average molecular weight is 555 g/mol.